The molecule has 0 radical (unpaired) electrons. The predicted molar refractivity (Wildman–Crippen MR) is 46.4 cm³/mol. The van der Waals surface area contributed by atoms with Gasteiger partial charge in [-0.15, -0.1) is 6.58 Å². The van der Waals surface area contributed by atoms with Gasteiger partial charge in [0.25, 0.3) is 0 Å². The SMILES string of the molecule is C=CC(C)NC1CCCC1O. The van der Waals surface area contributed by atoms with Crippen molar-refractivity contribution in [2.75, 3.05) is 0 Å². The van der Waals surface area contributed by atoms with Crippen molar-refractivity contribution in [3.63, 3.8) is 0 Å². The van der Waals surface area contributed by atoms with Crippen LogP contribution in [0.4, 0.5) is 0 Å². The maximum absolute atomic E-state index is 9.44. The highest BCUT2D eigenvalue weighted by Gasteiger charge is 2.25. The van der Waals surface area contributed by atoms with E-state index >= 15 is 0 Å². The molecule has 0 aromatic rings. The van der Waals surface area contributed by atoms with Gasteiger partial charge in [-0.3, -0.25) is 0 Å². The maximum Gasteiger partial charge on any atom is 0.0693 e. The van der Waals surface area contributed by atoms with Crippen LogP contribution in [0.3, 0.4) is 0 Å². The Labute approximate surface area is 68.3 Å². The summed E-state index contributed by atoms with van der Waals surface area (Å²) in [6.45, 7) is 5.74. The Morgan fingerprint density at radius 3 is 2.82 bits per heavy atom. The number of aliphatic hydroxyl groups excluding tert-OH is 1. The summed E-state index contributed by atoms with van der Waals surface area (Å²) in [5, 5.41) is 12.7. The van der Waals surface area contributed by atoms with Crippen molar-refractivity contribution in [1.29, 1.82) is 0 Å². The Bertz CT molecular complexity index is 136. The fourth-order valence-electron chi connectivity index (χ4n) is 1.54. The van der Waals surface area contributed by atoms with Gasteiger partial charge >= 0.3 is 0 Å². The van der Waals surface area contributed by atoms with Crippen LogP contribution in [0.2, 0.25) is 0 Å². The molecule has 2 N–H and O–H groups in total. The van der Waals surface area contributed by atoms with E-state index < -0.39 is 0 Å². The minimum Gasteiger partial charge on any atom is -0.392 e. The quantitative estimate of drug-likeness (QED) is 0.597. The molecule has 2 heteroatoms. The van der Waals surface area contributed by atoms with E-state index in [0.29, 0.717) is 12.1 Å². The van der Waals surface area contributed by atoms with Crippen LogP contribution in [0.25, 0.3) is 0 Å². The zero-order valence-electron chi connectivity index (χ0n) is 7.09. The minimum absolute atomic E-state index is 0.141. The van der Waals surface area contributed by atoms with E-state index in [-0.39, 0.29) is 6.10 Å². The van der Waals surface area contributed by atoms with Crippen LogP contribution in [-0.2, 0) is 0 Å². The third-order valence-corrected chi connectivity index (χ3v) is 2.31. The summed E-state index contributed by atoms with van der Waals surface area (Å²) in [5.41, 5.74) is 0. The number of hydrogen-bond acceptors (Lipinski definition) is 2. The number of hydrogen-bond donors (Lipinski definition) is 2. The van der Waals surface area contributed by atoms with Crippen molar-refractivity contribution >= 4 is 0 Å². The second-order valence-corrected chi connectivity index (χ2v) is 3.30. The van der Waals surface area contributed by atoms with Crippen LogP contribution in [0.1, 0.15) is 26.2 Å². The monoisotopic (exact) mass is 155 g/mol. The van der Waals surface area contributed by atoms with Gasteiger partial charge in [0.15, 0.2) is 0 Å². The molecule has 0 spiro atoms. The van der Waals surface area contributed by atoms with Gasteiger partial charge in [0.2, 0.25) is 0 Å². The highest BCUT2D eigenvalue weighted by atomic mass is 16.3. The maximum atomic E-state index is 9.44. The molecule has 0 bridgehead atoms. The van der Waals surface area contributed by atoms with Crippen LogP contribution in [0, 0.1) is 0 Å². The van der Waals surface area contributed by atoms with Crippen molar-refractivity contribution in [3.05, 3.63) is 12.7 Å². The largest absolute Gasteiger partial charge is 0.392 e. The van der Waals surface area contributed by atoms with Crippen molar-refractivity contribution in [3.8, 4) is 0 Å². The van der Waals surface area contributed by atoms with Crippen LogP contribution >= 0.6 is 0 Å². The van der Waals surface area contributed by atoms with E-state index in [1.807, 2.05) is 6.08 Å². The molecule has 0 aliphatic heterocycles. The average Bonchev–Trinajstić information content (AvgIpc) is 2.37. The summed E-state index contributed by atoms with van der Waals surface area (Å²) < 4.78 is 0. The first-order valence-corrected chi connectivity index (χ1v) is 4.30. The van der Waals surface area contributed by atoms with E-state index in [1.165, 1.54) is 0 Å². The fourth-order valence-corrected chi connectivity index (χ4v) is 1.54. The van der Waals surface area contributed by atoms with E-state index in [9.17, 15) is 5.11 Å². The van der Waals surface area contributed by atoms with Crippen molar-refractivity contribution in [2.45, 2.75) is 44.4 Å². The normalized spacial score (nSPS) is 33.6. The molecule has 11 heavy (non-hydrogen) atoms. The van der Waals surface area contributed by atoms with Gasteiger partial charge in [-0.2, -0.15) is 0 Å². The molecule has 1 fully saturated rings. The van der Waals surface area contributed by atoms with Gasteiger partial charge < -0.3 is 10.4 Å². The third kappa shape index (κ3) is 2.31. The highest BCUT2D eigenvalue weighted by Crippen LogP contribution is 2.19. The minimum atomic E-state index is -0.141. The van der Waals surface area contributed by atoms with Crippen LogP contribution < -0.4 is 5.32 Å². The lowest BCUT2D eigenvalue weighted by Gasteiger charge is -2.19. The Kier molecular flexibility index (Phi) is 3.09. The first-order valence-electron chi connectivity index (χ1n) is 4.30. The molecule has 0 amide bonds. The van der Waals surface area contributed by atoms with Gasteiger partial charge in [-0.1, -0.05) is 6.08 Å². The fraction of sp³-hybridized carbons (Fsp3) is 0.778. The Morgan fingerprint density at radius 2 is 2.36 bits per heavy atom. The third-order valence-electron chi connectivity index (χ3n) is 2.31. The molecule has 2 nitrogen and oxygen atoms in total. The van der Waals surface area contributed by atoms with Crippen molar-refractivity contribution in [2.24, 2.45) is 0 Å². The number of nitrogens with one attached hydrogen (secondary N) is 1. The molecule has 0 heterocycles. The second-order valence-electron chi connectivity index (χ2n) is 3.30. The lowest BCUT2D eigenvalue weighted by Crippen LogP contribution is -2.40. The average molecular weight is 155 g/mol. The summed E-state index contributed by atoms with van der Waals surface area (Å²) >= 11 is 0. The van der Waals surface area contributed by atoms with Crippen LogP contribution in [0.5, 0.6) is 0 Å². The molecule has 1 aliphatic carbocycles. The molecule has 3 atom stereocenters. The Balaban J connectivity index is 2.30. The van der Waals surface area contributed by atoms with E-state index in [4.69, 9.17) is 0 Å². The summed E-state index contributed by atoms with van der Waals surface area (Å²) in [5.74, 6) is 0. The van der Waals surface area contributed by atoms with Gasteiger partial charge in [0.05, 0.1) is 6.10 Å². The topological polar surface area (TPSA) is 32.3 Å². The molecular formula is C9H17NO. The van der Waals surface area contributed by atoms with Crippen LogP contribution in [0.15, 0.2) is 12.7 Å². The molecule has 0 saturated heterocycles. The van der Waals surface area contributed by atoms with Crippen LogP contribution in [-0.4, -0.2) is 23.3 Å². The van der Waals surface area contributed by atoms with Gasteiger partial charge in [-0.05, 0) is 26.2 Å². The molecular weight excluding hydrogens is 138 g/mol. The van der Waals surface area contributed by atoms with Crippen molar-refractivity contribution in [1.82, 2.24) is 5.32 Å². The van der Waals surface area contributed by atoms with Gasteiger partial charge in [0, 0.05) is 12.1 Å². The molecule has 1 saturated carbocycles. The van der Waals surface area contributed by atoms with E-state index in [1.54, 1.807) is 0 Å². The first-order chi connectivity index (χ1) is 5.24. The van der Waals surface area contributed by atoms with Crippen molar-refractivity contribution < 1.29 is 5.11 Å². The summed E-state index contributed by atoms with van der Waals surface area (Å²) in [6, 6.07) is 0.607. The zero-order valence-corrected chi connectivity index (χ0v) is 7.09. The van der Waals surface area contributed by atoms with Gasteiger partial charge in [-0.25, -0.2) is 0 Å². The molecule has 0 aromatic carbocycles. The smallest absolute Gasteiger partial charge is 0.0693 e. The zero-order chi connectivity index (χ0) is 8.27. The Morgan fingerprint density at radius 1 is 1.64 bits per heavy atom. The summed E-state index contributed by atoms with van der Waals surface area (Å²) in [4.78, 5) is 0. The standard InChI is InChI=1S/C9H17NO/c1-3-7(2)10-8-5-4-6-9(8)11/h3,7-11H,1,4-6H2,2H3. The molecule has 1 rings (SSSR count). The predicted octanol–water partition coefficient (Wildman–Crippen LogP) is 1.06. The number of aliphatic hydroxyl groups is 1. The lowest BCUT2D eigenvalue weighted by molar-refractivity contribution is 0.147. The first kappa shape index (κ1) is 8.75. The molecule has 0 aromatic heterocycles. The summed E-state index contributed by atoms with van der Waals surface area (Å²) in [7, 11) is 0. The van der Waals surface area contributed by atoms with E-state index in [2.05, 4.69) is 18.8 Å². The van der Waals surface area contributed by atoms with Gasteiger partial charge in [0.1, 0.15) is 0 Å². The second kappa shape index (κ2) is 3.88. The highest BCUT2D eigenvalue weighted by molar-refractivity contribution is 4.89. The lowest BCUT2D eigenvalue weighted by atomic mass is 10.2. The number of rotatable bonds is 3. The molecule has 1 aliphatic rings. The van der Waals surface area contributed by atoms with E-state index in [0.717, 1.165) is 19.3 Å². The Hall–Kier alpha value is -0.340. The summed E-state index contributed by atoms with van der Waals surface area (Å²) in [6.07, 6.45) is 4.91. The molecule has 3 unspecified atom stereocenters. The molecule has 64 valence electrons.